The third-order valence-corrected chi connectivity index (χ3v) is 2.50. The van der Waals surface area contributed by atoms with Crippen molar-refractivity contribution < 1.29 is 19.4 Å². The fourth-order valence-electron chi connectivity index (χ4n) is 1.35. The van der Waals surface area contributed by atoms with E-state index in [2.05, 4.69) is 11.1 Å². The molecule has 0 bridgehead atoms. The number of benzene rings is 1. The van der Waals surface area contributed by atoms with Gasteiger partial charge in [-0.05, 0) is 25.5 Å². The molecule has 1 aromatic rings. The van der Waals surface area contributed by atoms with Crippen molar-refractivity contribution in [3.05, 3.63) is 29.8 Å². The van der Waals surface area contributed by atoms with Crippen molar-refractivity contribution in [2.24, 2.45) is 5.73 Å². The Morgan fingerprint density at radius 1 is 1.45 bits per heavy atom. The number of esters is 1. The van der Waals surface area contributed by atoms with E-state index in [1.807, 2.05) is 37.3 Å². The van der Waals surface area contributed by atoms with Crippen LogP contribution in [0.2, 0.25) is 0 Å². The SMILES string of the molecule is Cc1ccccc1N[C@@H](C)C(=O)OCCC#N.NCC(=O)O. The number of nitrogens with zero attached hydrogens (tertiary/aromatic N) is 1. The number of carbonyl (C=O) groups is 2. The van der Waals surface area contributed by atoms with Crippen molar-refractivity contribution in [3.8, 4) is 6.07 Å². The van der Waals surface area contributed by atoms with Gasteiger partial charge < -0.3 is 20.9 Å². The Bertz CT molecular complexity index is 526. The molecule has 0 heterocycles. The minimum atomic E-state index is -0.968. The summed E-state index contributed by atoms with van der Waals surface area (Å²) in [7, 11) is 0. The lowest BCUT2D eigenvalue weighted by Crippen LogP contribution is -2.28. The summed E-state index contributed by atoms with van der Waals surface area (Å²) < 4.78 is 4.93. The summed E-state index contributed by atoms with van der Waals surface area (Å²) in [6.45, 7) is 3.58. The largest absolute Gasteiger partial charge is 0.480 e. The van der Waals surface area contributed by atoms with Crippen LogP contribution in [0.3, 0.4) is 0 Å². The van der Waals surface area contributed by atoms with Crippen molar-refractivity contribution in [1.82, 2.24) is 0 Å². The molecule has 7 nitrogen and oxygen atoms in total. The molecular weight excluding hydrogens is 286 g/mol. The van der Waals surface area contributed by atoms with Crippen LogP contribution < -0.4 is 11.1 Å². The van der Waals surface area contributed by atoms with Gasteiger partial charge in [-0.2, -0.15) is 5.26 Å². The lowest BCUT2D eigenvalue weighted by atomic mass is 10.2. The number of hydrogen-bond acceptors (Lipinski definition) is 6. The standard InChI is InChI=1S/C13H16N2O2.C2H5NO2/c1-10-6-3-4-7-12(10)15-11(2)13(16)17-9-5-8-14;3-1-2(4)5/h3-4,6-7,11,15H,5,9H2,1-2H3;1,3H2,(H,4,5)/t11-;/m0./s1. The molecule has 0 amide bonds. The summed E-state index contributed by atoms with van der Waals surface area (Å²) in [6.07, 6.45) is 0.225. The quantitative estimate of drug-likeness (QED) is 0.534. The summed E-state index contributed by atoms with van der Waals surface area (Å²) in [5, 5.41) is 19.0. The lowest BCUT2D eigenvalue weighted by molar-refractivity contribution is -0.144. The predicted octanol–water partition coefficient (Wildman–Crippen LogP) is 1.28. The van der Waals surface area contributed by atoms with Gasteiger partial charge in [0.15, 0.2) is 0 Å². The van der Waals surface area contributed by atoms with E-state index in [0.29, 0.717) is 0 Å². The minimum absolute atomic E-state index is 0.148. The topological polar surface area (TPSA) is 125 Å². The highest BCUT2D eigenvalue weighted by Crippen LogP contribution is 2.14. The van der Waals surface area contributed by atoms with Gasteiger partial charge in [-0.1, -0.05) is 18.2 Å². The molecule has 0 spiro atoms. The molecule has 0 saturated carbocycles. The molecule has 22 heavy (non-hydrogen) atoms. The molecule has 0 aliphatic rings. The van der Waals surface area contributed by atoms with E-state index in [0.717, 1.165) is 11.3 Å². The molecule has 1 rings (SSSR count). The van der Waals surface area contributed by atoms with Gasteiger partial charge in [-0.3, -0.25) is 4.79 Å². The number of para-hydroxylation sites is 1. The maximum atomic E-state index is 11.5. The van der Waals surface area contributed by atoms with Crippen molar-refractivity contribution in [2.45, 2.75) is 26.3 Å². The zero-order valence-corrected chi connectivity index (χ0v) is 12.7. The van der Waals surface area contributed by atoms with Crippen LogP contribution in [-0.4, -0.2) is 36.2 Å². The van der Waals surface area contributed by atoms with Gasteiger partial charge in [0, 0.05) is 5.69 Å². The molecule has 0 aliphatic heterocycles. The Hall–Kier alpha value is -2.59. The number of nitrogens with two attached hydrogens (primary N) is 1. The van der Waals surface area contributed by atoms with Crippen LogP contribution in [0.5, 0.6) is 0 Å². The average Bonchev–Trinajstić information content (AvgIpc) is 2.50. The summed E-state index contributed by atoms with van der Waals surface area (Å²) in [4.78, 5) is 20.8. The highest BCUT2D eigenvalue weighted by atomic mass is 16.5. The van der Waals surface area contributed by atoms with Crippen LogP contribution >= 0.6 is 0 Å². The molecule has 4 N–H and O–H groups in total. The van der Waals surface area contributed by atoms with E-state index in [-0.39, 0.29) is 25.5 Å². The van der Waals surface area contributed by atoms with Crippen LogP contribution in [0.4, 0.5) is 5.69 Å². The number of carboxylic acids is 1. The predicted molar refractivity (Wildman–Crippen MR) is 82.1 cm³/mol. The molecule has 120 valence electrons. The maximum absolute atomic E-state index is 11.5. The first kappa shape index (κ1) is 19.4. The number of anilines is 1. The van der Waals surface area contributed by atoms with E-state index in [9.17, 15) is 9.59 Å². The number of ether oxygens (including phenoxy) is 1. The van der Waals surface area contributed by atoms with Crippen molar-refractivity contribution in [2.75, 3.05) is 18.5 Å². The summed E-state index contributed by atoms with van der Waals surface area (Å²) in [5.41, 5.74) is 6.56. The van der Waals surface area contributed by atoms with Gasteiger partial charge >= 0.3 is 11.9 Å². The molecule has 0 aliphatic carbocycles. The third kappa shape index (κ3) is 8.55. The smallest absolute Gasteiger partial charge is 0.328 e. The Morgan fingerprint density at radius 2 is 2.05 bits per heavy atom. The van der Waals surface area contributed by atoms with Gasteiger partial charge in [-0.15, -0.1) is 0 Å². The first-order valence-electron chi connectivity index (χ1n) is 6.70. The summed E-state index contributed by atoms with van der Waals surface area (Å²) >= 11 is 0. The minimum Gasteiger partial charge on any atom is -0.480 e. The number of carboxylic acid groups (broad SMARTS) is 1. The molecule has 0 aromatic heterocycles. The second kappa shape index (κ2) is 11.1. The summed E-state index contributed by atoms with van der Waals surface area (Å²) in [5.74, 6) is -1.31. The van der Waals surface area contributed by atoms with Gasteiger partial charge in [0.05, 0.1) is 19.0 Å². The van der Waals surface area contributed by atoms with Crippen molar-refractivity contribution >= 4 is 17.6 Å². The number of aryl methyl sites for hydroxylation is 1. The van der Waals surface area contributed by atoms with Gasteiger partial charge in [-0.25, -0.2) is 4.79 Å². The van der Waals surface area contributed by atoms with Gasteiger partial charge in [0.1, 0.15) is 12.6 Å². The van der Waals surface area contributed by atoms with E-state index >= 15 is 0 Å². The number of rotatable bonds is 6. The van der Waals surface area contributed by atoms with Crippen LogP contribution in [-0.2, 0) is 14.3 Å². The average molecular weight is 307 g/mol. The first-order valence-corrected chi connectivity index (χ1v) is 6.70. The first-order chi connectivity index (χ1) is 10.4. The van der Waals surface area contributed by atoms with E-state index < -0.39 is 12.0 Å². The molecule has 1 aromatic carbocycles. The summed E-state index contributed by atoms with van der Waals surface area (Å²) in [6, 6.07) is 9.23. The maximum Gasteiger partial charge on any atom is 0.328 e. The molecule has 0 saturated heterocycles. The molecule has 0 radical (unpaired) electrons. The molecular formula is C15H21N3O4. The molecule has 7 heteroatoms. The fourth-order valence-corrected chi connectivity index (χ4v) is 1.35. The number of nitrogens with one attached hydrogen (secondary N) is 1. The van der Waals surface area contributed by atoms with Crippen molar-refractivity contribution in [3.63, 3.8) is 0 Å². The van der Waals surface area contributed by atoms with Crippen LogP contribution in [0.15, 0.2) is 24.3 Å². The van der Waals surface area contributed by atoms with Crippen LogP contribution in [0.25, 0.3) is 0 Å². The Morgan fingerprint density at radius 3 is 2.55 bits per heavy atom. The zero-order chi connectivity index (χ0) is 17.0. The van der Waals surface area contributed by atoms with Crippen molar-refractivity contribution in [1.29, 1.82) is 5.26 Å². The van der Waals surface area contributed by atoms with E-state index in [1.165, 1.54) is 0 Å². The second-order valence-corrected chi connectivity index (χ2v) is 4.35. The highest BCUT2D eigenvalue weighted by Gasteiger charge is 2.14. The normalized spacial score (nSPS) is 10.5. The number of hydrogen-bond donors (Lipinski definition) is 3. The number of carbonyl (C=O) groups excluding carboxylic acids is 1. The second-order valence-electron chi connectivity index (χ2n) is 4.35. The molecule has 0 fully saturated rings. The van der Waals surface area contributed by atoms with Gasteiger partial charge in [0.2, 0.25) is 0 Å². The van der Waals surface area contributed by atoms with Crippen LogP contribution in [0.1, 0.15) is 18.9 Å². The Labute approximate surface area is 129 Å². The van der Waals surface area contributed by atoms with E-state index in [1.54, 1.807) is 6.92 Å². The fraction of sp³-hybridized carbons (Fsp3) is 0.400. The Balaban J connectivity index is 0.000000763. The molecule has 0 unspecified atom stereocenters. The number of nitriles is 1. The van der Waals surface area contributed by atoms with E-state index in [4.69, 9.17) is 15.1 Å². The third-order valence-electron chi connectivity index (χ3n) is 2.50. The molecule has 1 atom stereocenters. The van der Waals surface area contributed by atoms with Crippen LogP contribution in [0, 0.1) is 18.3 Å². The zero-order valence-electron chi connectivity index (χ0n) is 12.7. The monoisotopic (exact) mass is 307 g/mol. The van der Waals surface area contributed by atoms with Gasteiger partial charge in [0.25, 0.3) is 0 Å². The lowest BCUT2D eigenvalue weighted by Gasteiger charge is -2.15. The number of aliphatic carboxylic acids is 1. The Kier molecular flexibility index (Phi) is 9.80. The highest BCUT2D eigenvalue weighted by molar-refractivity contribution is 5.79.